The summed E-state index contributed by atoms with van der Waals surface area (Å²) in [5.74, 6) is -5.03. The van der Waals surface area contributed by atoms with Crippen LogP contribution in [-0.2, 0) is 0 Å². The Morgan fingerprint density at radius 1 is 1.03 bits per heavy atom. The molecule has 0 saturated heterocycles. The Hall–Kier alpha value is -4.41. The van der Waals surface area contributed by atoms with Crippen molar-refractivity contribution in [3.8, 4) is 23.2 Å². The van der Waals surface area contributed by atoms with Gasteiger partial charge in [0.15, 0.2) is 23.2 Å². The number of ether oxygens (including phenoxy) is 2. The topological polar surface area (TPSA) is 91.2 Å². The van der Waals surface area contributed by atoms with Gasteiger partial charge in [0.25, 0.3) is 5.91 Å². The fourth-order valence-electron chi connectivity index (χ4n) is 2.74. The standard InChI is InChI=1S/C21H14F3N5O3/c1-31-20-18(23)14(11-15(22)19(20)24)21(30)26-12-3-5-13(6-4-12)32-17-8-7-16(27-28-17)29-10-2-9-25-29/h2-11H,1H3,(H,26,30). The van der Waals surface area contributed by atoms with Crippen LogP contribution >= 0.6 is 0 Å². The number of carbonyl (C=O) groups is 1. The Balaban J connectivity index is 1.44. The molecule has 0 aliphatic carbocycles. The normalized spacial score (nSPS) is 10.6. The summed E-state index contributed by atoms with van der Waals surface area (Å²) in [6.45, 7) is 0. The molecule has 1 amide bonds. The van der Waals surface area contributed by atoms with E-state index in [1.807, 2.05) is 0 Å². The summed E-state index contributed by atoms with van der Waals surface area (Å²) >= 11 is 0. The number of hydrogen-bond donors (Lipinski definition) is 1. The summed E-state index contributed by atoms with van der Waals surface area (Å²) in [7, 11) is 0.969. The van der Waals surface area contributed by atoms with Crippen LogP contribution < -0.4 is 14.8 Å². The smallest absolute Gasteiger partial charge is 0.258 e. The molecule has 2 aromatic heterocycles. The number of carbonyl (C=O) groups excluding carboxylic acids is 1. The first-order valence-corrected chi connectivity index (χ1v) is 9.10. The minimum atomic E-state index is -1.51. The monoisotopic (exact) mass is 441 g/mol. The molecule has 11 heteroatoms. The fourth-order valence-corrected chi connectivity index (χ4v) is 2.74. The first kappa shape index (κ1) is 20.8. The van der Waals surface area contributed by atoms with Crippen LogP contribution in [0.5, 0.6) is 17.4 Å². The summed E-state index contributed by atoms with van der Waals surface area (Å²) < 4.78 is 53.1. The van der Waals surface area contributed by atoms with E-state index in [4.69, 9.17) is 4.74 Å². The zero-order chi connectivity index (χ0) is 22.7. The van der Waals surface area contributed by atoms with E-state index in [-0.39, 0.29) is 11.6 Å². The highest BCUT2D eigenvalue weighted by Crippen LogP contribution is 2.28. The molecule has 0 unspecified atom stereocenters. The molecule has 162 valence electrons. The average molecular weight is 441 g/mol. The van der Waals surface area contributed by atoms with Crippen molar-refractivity contribution in [1.82, 2.24) is 20.0 Å². The number of anilines is 1. The zero-order valence-corrected chi connectivity index (χ0v) is 16.4. The molecule has 8 nitrogen and oxygen atoms in total. The first-order valence-electron chi connectivity index (χ1n) is 9.10. The Morgan fingerprint density at radius 2 is 1.81 bits per heavy atom. The lowest BCUT2D eigenvalue weighted by Crippen LogP contribution is -2.15. The van der Waals surface area contributed by atoms with Crippen molar-refractivity contribution in [3.05, 3.63) is 83.9 Å². The lowest BCUT2D eigenvalue weighted by molar-refractivity contribution is 0.102. The molecule has 4 rings (SSSR count). The largest absolute Gasteiger partial charge is 0.491 e. The van der Waals surface area contributed by atoms with Crippen LogP contribution in [0.25, 0.3) is 5.82 Å². The summed E-state index contributed by atoms with van der Waals surface area (Å²) in [5, 5.41) is 14.4. The molecule has 0 saturated carbocycles. The minimum absolute atomic E-state index is 0.230. The highest BCUT2D eigenvalue weighted by Gasteiger charge is 2.23. The second kappa shape index (κ2) is 8.76. The van der Waals surface area contributed by atoms with Gasteiger partial charge in [-0.05, 0) is 42.5 Å². The van der Waals surface area contributed by atoms with Crippen LogP contribution in [0.3, 0.4) is 0 Å². The van der Waals surface area contributed by atoms with Crippen molar-refractivity contribution in [1.29, 1.82) is 0 Å². The maximum absolute atomic E-state index is 14.3. The predicted molar refractivity (Wildman–Crippen MR) is 106 cm³/mol. The maximum Gasteiger partial charge on any atom is 0.258 e. The predicted octanol–water partition coefficient (Wildman–Crippen LogP) is 4.13. The van der Waals surface area contributed by atoms with Crippen molar-refractivity contribution in [2.75, 3.05) is 12.4 Å². The van der Waals surface area contributed by atoms with E-state index < -0.39 is 34.7 Å². The molecule has 32 heavy (non-hydrogen) atoms. The van der Waals surface area contributed by atoms with Crippen LogP contribution in [0.1, 0.15) is 10.4 Å². The van der Waals surface area contributed by atoms with Gasteiger partial charge in [-0.2, -0.15) is 9.49 Å². The van der Waals surface area contributed by atoms with Crippen molar-refractivity contribution >= 4 is 11.6 Å². The van der Waals surface area contributed by atoms with Gasteiger partial charge in [-0.25, -0.2) is 13.5 Å². The van der Waals surface area contributed by atoms with Crippen molar-refractivity contribution < 1.29 is 27.4 Å². The molecule has 0 bridgehead atoms. The highest BCUT2D eigenvalue weighted by molar-refractivity contribution is 6.04. The van der Waals surface area contributed by atoms with E-state index in [0.29, 0.717) is 17.6 Å². The van der Waals surface area contributed by atoms with Gasteiger partial charge in [0, 0.05) is 24.1 Å². The molecule has 0 radical (unpaired) electrons. The zero-order valence-electron chi connectivity index (χ0n) is 16.4. The number of nitrogens with one attached hydrogen (secondary N) is 1. The molecule has 2 aromatic carbocycles. The molecule has 0 aliphatic rings. The summed E-state index contributed by atoms with van der Waals surface area (Å²) in [5.41, 5.74) is -0.431. The SMILES string of the molecule is COc1c(F)c(F)cc(C(=O)Nc2ccc(Oc3ccc(-n4cccn4)nn3)cc2)c1F. The third-order valence-corrected chi connectivity index (χ3v) is 4.26. The molecular formula is C21H14F3N5O3. The van der Waals surface area contributed by atoms with Gasteiger partial charge in [-0.15, -0.1) is 10.2 Å². The number of hydrogen-bond acceptors (Lipinski definition) is 6. The van der Waals surface area contributed by atoms with Crippen LogP contribution in [0.15, 0.2) is 60.9 Å². The van der Waals surface area contributed by atoms with Crippen molar-refractivity contribution in [3.63, 3.8) is 0 Å². The van der Waals surface area contributed by atoms with Crippen LogP contribution in [0.4, 0.5) is 18.9 Å². The van der Waals surface area contributed by atoms with Gasteiger partial charge in [0.1, 0.15) is 5.75 Å². The Bertz CT molecular complexity index is 1250. The van der Waals surface area contributed by atoms with Gasteiger partial charge in [-0.3, -0.25) is 4.79 Å². The van der Waals surface area contributed by atoms with E-state index in [1.165, 1.54) is 24.3 Å². The van der Waals surface area contributed by atoms with E-state index in [0.717, 1.165) is 7.11 Å². The average Bonchev–Trinajstić information content (AvgIpc) is 3.33. The Labute approximate surface area is 179 Å². The molecule has 0 spiro atoms. The third-order valence-electron chi connectivity index (χ3n) is 4.26. The van der Waals surface area contributed by atoms with E-state index >= 15 is 0 Å². The number of benzene rings is 2. The van der Waals surface area contributed by atoms with Crippen LogP contribution in [0.2, 0.25) is 0 Å². The van der Waals surface area contributed by atoms with E-state index in [9.17, 15) is 18.0 Å². The van der Waals surface area contributed by atoms with Crippen LogP contribution in [0, 0.1) is 17.5 Å². The number of halogens is 3. The summed E-state index contributed by atoms with van der Waals surface area (Å²) in [4.78, 5) is 12.3. The quantitative estimate of drug-likeness (QED) is 0.453. The Kier molecular flexibility index (Phi) is 5.71. The highest BCUT2D eigenvalue weighted by atomic mass is 19.2. The fraction of sp³-hybridized carbons (Fsp3) is 0.0476. The Morgan fingerprint density at radius 3 is 2.44 bits per heavy atom. The molecule has 0 fully saturated rings. The number of amides is 1. The molecular weight excluding hydrogens is 427 g/mol. The molecule has 1 N–H and O–H groups in total. The molecule has 4 aromatic rings. The van der Waals surface area contributed by atoms with Gasteiger partial charge in [-0.1, -0.05) is 0 Å². The summed E-state index contributed by atoms with van der Waals surface area (Å²) in [6, 6.07) is 11.5. The van der Waals surface area contributed by atoms with Gasteiger partial charge in [0.05, 0.1) is 12.7 Å². The van der Waals surface area contributed by atoms with Gasteiger partial charge in [0.2, 0.25) is 11.7 Å². The van der Waals surface area contributed by atoms with Crippen molar-refractivity contribution in [2.45, 2.75) is 0 Å². The second-order valence-electron chi connectivity index (χ2n) is 6.33. The van der Waals surface area contributed by atoms with Gasteiger partial charge < -0.3 is 14.8 Å². The number of rotatable bonds is 6. The van der Waals surface area contributed by atoms with Gasteiger partial charge >= 0.3 is 0 Å². The lowest BCUT2D eigenvalue weighted by Gasteiger charge is -2.11. The number of aromatic nitrogens is 4. The maximum atomic E-state index is 14.3. The van der Waals surface area contributed by atoms with E-state index in [1.54, 1.807) is 35.3 Å². The molecule has 0 atom stereocenters. The third kappa shape index (κ3) is 4.21. The second-order valence-corrected chi connectivity index (χ2v) is 6.33. The molecule has 2 heterocycles. The molecule has 0 aliphatic heterocycles. The number of methoxy groups -OCH3 is 1. The summed E-state index contributed by atoms with van der Waals surface area (Å²) in [6.07, 6.45) is 3.34. The number of nitrogens with zero attached hydrogens (tertiary/aromatic N) is 4. The first-order chi connectivity index (χ1) is 15.5. The van der Waals surface area contributed by atoms with Crippen molar-refractivity contribution in [2.24, 2.45) is 0 Å². The van der Waals surface area contributed by atoms with E-state index in [2.05, 4.69) is 25.3 Å². The lowest BCUT2D eigenvalue weighted by atomic mass is 10.1. The van der Waals surface area contributed by atoms with Crippen LogP contribution in [-0.4, -0.2) is 33.0 Å². The minimum Gasteiger partial charge on any atom is -0.491 e.